The van der Waals surface area contributed by atoms with Crippen LogP contribution in [0.3, 0.4) is 0 Å². The van der Waals surface area contributed by atoms with Gasteiger partial charge in [-0.2, -0.15) is 0 Å². The van der Waals surface area contributed by atoms with Crippen LogP contribution in [-0.4, -0.2) is 11.9 Å². The Morgan fingerprint density at radius 3 is 2.17 bits per heavy atom. The molecule has 2 heteroatoms. The lowest BCUT2D eigenvalue weighted by Gasteiger charge is -2.18. The van der Waals surface area contributed by atoms with Crippen molar-refractivity contribution >= 4 is 23.2 Å². The second-order valence-electron chi connectivity index (χ2n) is 6.71. The number of hydrogen-bond donors (Lipinski definition) is 0. The number of fused-ring (bicyclic) bond motifs is 1. The van der Waals surface area contributed by atoms with Gasteiger partial charge in [0.25, 0.3) is 0 Å². The van der Waals surface area contributed by atoms with E-state index < -0.39 is 0 Å². The van der Waals surface area contributed by atoms with Crippen molar-refractivity contribution in [1.82, 2.24) is 4.90 Å². The highest BCUT2D eigenvalue weighted by molar-refractivity contribution is 5.85. The van der Waals surface area contributed by atoms with Crippen molar-refractivity contribution < 1.29 is 0 Å². The lowest BCUT2D eigenvalue weighted by atomic mass is 10.0. The fraction of sp³-hybridized carbons (Fsp3) is 0.273. The Kier molecular flexibility index (Phi) is 6.42. The van der Waals surface area contributed by atoms with E-state index in [9.17, 15) is 0 Å². The molecule has 0 aromatic heterocycles. The fourth-order valence-electron chi connectivity index (χ4n) is 3.10. The van der Waals surface area contributed by atoms with Gasteiger partial charge in [0.2, 0.25) is 0 Å². The molecule has 0 saturated carbocycles. The van der Waals surface area contributed by atoms with Gasteiger partial charge in [0, 0.05) is 13.1 Å². The summed E-state index contributed by atoms with van der Waals surface area (Å²) < 4.78 is 0. The van der Waals surface area contributed by atoms with Crippen LogP contribution in [0.4, 0.5) is 0 Å². The van der Waals surface area contributed by atoms with Crippen molar-refractivity contribution in [2.45, 2.75) is 32.9 Å². The Hall–Kier alpha value is -1.83. The van der Waals surface area contributed by atoms with E-state index in [-0.39, 0.29) is 12.4 Å². The van der Waals surface area contributed by atoms with Crippen molar-refractivity contribution in [2.24, 2.45) is 0 Å². The Morgan fingerprint density at radius 2 is 1.46 bits per heavy atom. The van der Waals surface area contributed by atoms with E-state index in [2.05, 4.69) is 92.5 Å². The van der Waals surface area contributed by atoms with Gasteiger partial charge in [-0.1, -0.05) is 80.6 Å². The minimum Gasteiger partial charge on any atom is -0.298 e. The highest BCUT2D eigenvalue weighted by Crippen LogP contribution is 2.21. The number of nitrogens with zero attached hydrogens (tertiary/aromatic N) is 1. The highest BCUT2D eigenvalue weighted by atomic mass is 35.5. The van der Waals surface area contributed by atoms with Crippen LogP contribution in [-0.2, 0) is 13.1 Å². The first-order valence-electron chi connectivity index (χ1n) is 8.37. The molecule has 0 fully saturated rings. The number of halogens is 1. The molecule has 0 N–H and O–H groups in total. The first-order chi connectivity index (χ1) is 11.1. The summed E-state index contributed by atoms with van der Waals surface area (Å²) in [6.45, 7) is 6.41. The van der Waals surface area contributed by atoms with Crippen molar-refractivity contribution in [3.05, 3.63) is 83.4 Å². The Balaban J connectivity index is 0.00000208. The highest BCUT2D eigenvalue weighted by Gasteiger charge is 2.06. The third-order valence-corrected chi connectivity index (χ3v) is 4.42. The molecule has 0 atom stereocenters. The summed E-state index contributed by atoms with van der Waals surface area (Å²) in [5.74, 6) is 0.595. The summed E-state index contributed by atoms with van der Waals surface area (Å²) >= 11 is 0. The van der Waals surface area contributed by atoms with E-state index in [1.807, 2.05) is 0 Å². The third-order valence-electron chi connectivity index (χ3n) is 4.42. The molecule has 0 aliphatic heterocycles. The summed E-state index contributed by atoms with van der Waals surface area (Å²) in [6.07, 6.45) is 0. The van der Waals surface area contributed by atoms with Crippen molar-refractivity contribution in [1.29, 1.82) is 0 Å². The molecular formula is C22H26ClN. The third kappa shape index (κ3) is 4.37. The van der Waals surface area contributed by atoms with E-state index >= 15 is 0 Å². The molecule has 3 aromatic carbocycles. The second-order valence-corrected chi connectivity index (χ2v) is 6.71. The summed E-state index contributed by atoms with van der Waals surface area (Å²) in [4.78, 5) is 2.38. The monoisotopic (exact) mass is 339 g/mol. The molecular weight excluding hydrogens is 314 g/mol. The van der Waals surface area contributed by atoms with Crippen molar-refractivity contribution in [3.63, 3.8) is 0 Å². The molecule has 0 spiro atoms. The summed E-state index contributed by atoms with van der Waals surface area (Å²) in [5.41, 5.74) is 4.17. The van der Waals surface area contributed by atoms with E-state index in [0.29, 0.717) is 5.92 Å². The van der Waals surface area contributed by atoms with Crippen molar-refractivity contribution in [2.75, 3.05) is 7.05 Å². The first kappa shape index (κ1) is 18.5. The molecule has 0 aliphatic rings. The zero-order valence-corrected chi connectivity index (χ0v) is 15.5. The van der Waals surface area contributed by atoms with Crippen LogP contribution in [0.1, 0.15) is 36.5 Å². The Morgan fingerprint density at radius 1 is 0.792 bits per heavy atom. The van der Waals surface area contributed by atoms with Crippen LogP contribution in [0.2, 0.25) is 0 Å². The van der Waals surface area contributed by atoms with Gasteiger partial charge in [-0.15, -0.1) is 12.4 Å². The largest absolute Gasteiger partial charge is 0.298 e. The van der Waals surface area contributed by atoms with Gasteiger partial charge in [-0.05, 0) is 40.4 Å². The summed E-state index contributed by atoms with van der Waals surface area (Å²) in [7, 11) is 2.19. The molecule has 126 valence electrons. The van der Waals surface area contributed by atoms with Crippen LogP contribution in [0.5, 0.6) is 0 Å². The van der Waals surface area contributed by atoms with Gasteiger partial charge >= 0.3 is 0 Å². The Labute approximate surface area is 151 Å². The predicted octanol–water partition coefficient (Wildman–Crippen LogP) is 6.02. The maximum atomic E-state index is 2.38. The molecule has 0 bridgehead atoms. The van der Waals surface area contributed by atoms with Gasteiger partial charge in [-0.25, -0.2) is 0 Å². The molecule has 0 heterocycles. The maximum absolute atomic E-state index is 2.38. The van der Waals surface area contributed by atoms with E-state index in [1.54, 1.807) is 0 Å². The minimum absolute atomic E-state index is 0. The molecule has 0 unspecified atom stereocenters. The maximum Gasteiger partial charge on any atom is 0.0240 e. The molecule has 0 saturated heterocycles. The molecule has 3 rings (SSSR count). The minimum atomic E-state index is 0. The molecule has 1 nitrogen and oxygen atoms in total. The molecule has 0 radical (unpaired) electrons. The number of rotatable bonds is 5. The van der Waals surface area contributed by atoms with Gasteiger partial charge in [-0.3, -0.25) is 4.90 Å². The van der Waals surface area contributed by atoms with E-state index in [0.717, 1.165) is 13.1 Å². The molecule has 24 heavy (non-hydrogen) atoms. The predicted molar refractivity (Wildman–Crippen MR) is 107 cm³/mol. The lowest BCUT2D eigenvalue weighted by Crippen LogP contribution is -2.17. The number of hydrogen-bond acceptors (Lipinski definition) is 1. The summed E-state index contributed by atoms with van der Waals surface area (Å²) in [6, 6.07) is 24.2. The van der Waals surface area contributed by atoms with Crippen LogP contribution in [0.15, 0.2) is 66.7 Å². The lowest BCUT2D eigenvalue weighted by molar-refractivity contribution is 0.320. The SMILES string of the molecule is CC(C)c1ccc(CN(C)Cc2cccc3ccccc23)cc1.Cl. The van der Waals surface area contributed by atoms with Crippen LogP contribution < -0.4 is 0 Å². The normalized spacial score (nSPS) is 11.0. The molecule has 0 amide bonds. The summed E-state index contributed by atoms with van der Waals surface area (Å²) in [5, 5.41) is 2.68. The van der Waals surface area contributed by atoms with Crippen molar-refractivity contribution in [3.8, 4) is 0 Å². The van der Waals surface area contributed by atoms with E-state index in [1.165, 1.54) is 27.5 Å². The standard InChI is InChI=1S/C22H25N.ClH/c1-17(2)19-13-11-18(12-14-19)15-23(3)16-21-9-6-8-20-7-4-5-10-22(20)21;/h4-14,17H,15-16H2,1-3H3;1H. The smallest absolute Gasteiger partial charge is 0.0240 e. The quantitative estimate of drug-likeness (QED) is 0.549. The van der Waals surface area contributed by atoms with Gasteiger partial charge in [0.15, 0.2) is 0 Å². The van der Waals surface area contributed by atoms with Crippen LogP contribution >= 0.6 is 12.4 Å². The zero-order chi connectivity index (χ0) is 16.2. The fourth-order valence-corrected chi connectivity index (χ4v) is 3.10. The zero-order valence-electron chi connectivity index (χ0n) is 14.7. The topological polar surface area (TPSA) is 3.24 Å². The average molecular weight is 340 g/mol. The van der Waals surface area contributed by atoms with Gasteiger partial charge in [0.05, 0.1) is 0 Å². The average Bonchev–Trinajstić information content (AvgIpc) is 2.55. The van der Waals surface area contributed by atoms with Gasteiger partial charge in [0.1, 0.15) is 0 Å². The van der Waals surface area contributed by atoms with Crippen LogP contribution in [0.25, 0.3) is 10.8 Å². The van der Waals surface area contributed by atoms with Gasteiger partial charge < -0.3 is 0 Å². The molecule has 0 aliphatic carbocycles. The Bertz CT molecular complexity index is 772. The second kappa shape index (κ2) is 8.32. The molecule has 3 aromatic rings. The van der Waals surface area contributed by atoms with E-state index in [4.69, 9.17) is 0 Å². The first-order valence-corrected chi connectivity index (χ1v) is 8.37. The number of benzene rings is 3. The van der Waals surface area contributed by atoms with Crippen LogP contribution in [0, 0.1) is 0 Å².